The molecule has 6 nitrogen and oxygen atoms in total. The average Bonchev–Trinajstić information content (AvgIpc) is 3.04. The lowest BCUT2D eigenvalue weighted by Gasteiger charge is -2.35. The Labute approximate surface area is 137 Å². The highest BCUT2D eigenvalue weighted by atomic mass is 16.7. The lowest BCUT2D eigenvalue weighted by atomic mass is 9.81. The molecule has 7 heteroatoms. The van der Waals surface area contributed by atoms with Gasteiger partial charge in [-0.05, 0) is 40.5 Å². The van der Waals surface area contributed by atoms with E-state index in [2.05, 4.69) is 11.2 Å². The van der Waals surface area contributed by atoms with Crippen LogP contribution in [0, 0.1) is 11.3 Å². The minimum Gasteiger partial charge on any atom is -0.399 e. The minimum atomic E-state index is -0.423. The molecule has 0 amide bonds. The second kappa shape index (κ2) is 5.62. The molecule has 0 saturated carbocycles. The van der Waals surface area contributed by atoms with Crippen LogP contribution in [0.25, 0.3) is 0 Å². The lowest BCUT2D eigenvalue weighted by Crippen LogP contribution is -2.41. The first-order chi connectivity index (χ1) is 10.8. The van der Waals surface area contributed by atoms with Crippen LogP contribution >= 0.6 is 0 Å². The fourth-order valence-electron chi connectivity index (χ4n) is 3.08. The molecule has 2 aliphatic rings. The first-order valence-electron chi connectivity index (χ1n) is 8.15. The maximum absolute atomic E-state index is 9.22. The van der Waals surface area contributed by atoms with Gasteiger partial charge in [0.05, 0.1) is 29.2 Å². The van der Waals surface area contributed by atoms with Gasteiger partial charge >= 0.3 is 7.12 Å². The third-order valence-electron chi connectivity index (χ3n) is 5.45. The first kappa shape index (κ1) is 16.5. The van der Waals surface area contributed by atoms with Gasteiger partial charge in [-0.2, -0.15) is 10.4 Å². The summed E-state index contributed by atoms with van der Waals surface area (Å²) >= 11 is 0. The number of hydrogen-bond donors (Lipinski definition) is 0. The minimum absolute atomic E-state index is 0.283. The van der Waals surface area contributed by atoms with Crippen molar-refractivity contribution in [1.29, 1.82) is 5.26 Å². The van der Waals surface area contributed by atoms with Crippen molar-refractivity contribution in [1.82, 2.24) is 9.78 Å². The van der Waals surface area contributed by atoms with Gasteiger partial charge in [0.2, 0.25) is 0 Å². The highest BCUT2D eigenvalue weighted by Gasteiger charge is 2.52. The Balaban J connectivity index is 1.85. The van der Waals surface area contributed by atoms with Gasteiger partial charge < -0.3 is 14.0 Å². The molecule has 0 unspecified atom stereocenters. The van der Waals surface area contributed by atoms with Crippen molar-refractivity contribution in [3.63, 3.8) is 0 Å². The molecule has 0 aromatic carbocycles. The molecule has 0 bridgehead atoms. The number of hydrogen-bond acceptors (Lipinski definition) is 5. The van der Waals surface area contributed by atoms with Crippen LogP contribution in [-0.4, -0.2) is 41.3 Å². The van der Waals surface area contributed by atoms with Crippen LogP contribution in [0.5, 0.6) is 0 Å². The smallest absolute Gasteiger partial charge is 0.399 e. The van der Waals surface area contributed by atoms with Gasteiger partial charge in [-0.15, -0.1) is 0 Å². The molecule has 2 fully saturated rings. The molecule has 0 atom stereocenters. The number of rotatable bonds is 3. The molecule has 0 radical (unpaired) electrons. The van der Waals surface area contributed by atoms with Crippen molar-refractivity contribution in [3.8, 4) is 6.07 Å². The number of nitrogens with zero attached hydrogens (tertiary/aromatic N) is 3. The highest BCUT2D eigenvalue weighted by molar-refractivity contribution is 6.62. The first-order valence-corrected chi connectivity index (χ1v) is 8.15. The van der Waals surface area contributed by atoms with Crippen LogP contribution in [0.4, 0.5) is 0 Å². The van der Waals surface area contributed by atoms with Gasteiger partial charge in [0.1, 0.15) is 0 Å². The van der Waals surface area contributed by atoms with E-state index >= 15 is 0 Å². The lowest BCUT2D eigenvalue weighted by molar-refractivity contribution is 0.00578. The fraction of sp³-hybridized carbons (Fsp3) is 0.750. The molecule has 0 N–H and O–H groups in total. The predicted molar refractivity (Wildman–Crippen MR) is 86.2 cm³/mol. The molecule has 2 aliphatic heterocycles. The Morgan fingerprint density at radius 3 is 2.39 bits per heavy atom. The monoisotopic (exact) mass is 317 g/mol. The van der Waals surface area contributed by atoms with Crippen LogP contribution < -0.4 is 5.46 Å². The van der Waals surface area contributed by atoms with E-state index in [9.17, 15) is 5.26 Å². The second-order valence-electron chi connectivity index (χ2n) is 7.48. The maximum atomic E-state index is 9.22. The largest absolute Gasteiger partial charge is 0.498 e. The van der Waals surface area contributed by atoms with Crippen LogP contribution in [0.15, 0.2) is 12.4 Å². The molecule has 0 aliphatic carbocycles. The standard InChI is InChI=1S/C16H24BN3O3/c1-14(2)15(3,4)23-17(22-14)13-11-19-20(12-13)16(5-8-18)6-9-21-10-7-16/h11-12H,5-7,9-10H2,1-4H3. The maximum Gasteiger partial charge on any atom is 0.498 e. The van der Waals surface area contributed by atoms with E-state index in [4.69, 9.17) is 14.0 Å². The van der Waals surface area contributed by atoms with E-state index in [0.29, 0.717) is 19.6 Å². The number of ether oxygens (including phenoxy) is 1. The summed E-state index contributed by atoms with van der Waals surface area (Å²) in [5.41, 5.74) is -0.132. The van der Waals surface area contributed by atoms with E-state index in [0.717, 1.165) is 18.3 Å². The average molecular weight is 317 g/mol. The van der Waals surface area contributed by atoms with Crippen LogP contribution in [0.1, 0.15) is 47.0 Å². The van der Waals surface area contributed by atoms with Gasteiger partial charge in [0, 0.05) is 31.1 Å². The van der Waals surface area contributed by atoms with Crippen molar-refractivity contribution in [2.45, 2.75) is 63.7 Å². The Morgan fingerprint density at radius 2 is 1.83 bits per heavy atom. The summed E-state index contributed by atoms with van der Waals surface area (Å²) in [6.45, 7) is 9.46. The fourth-order valence-corrected chi connectivity index (χ4v) is 3.08. The normalized spacial score (nSPS) is 25.3. The summed E-state index contributed by atoms with van der Waals surface area (Å²) in [5, 5.41) is 13.7. The SMILES string of the molecule is CC1(C)OB(c2cnn(C3(CC#N)CCOCC3)c2)OC1(C)C. The molecule has 1 aromatic heterocycles. The van der Waals surface area contributed by atoms with E-state index in [-0.39, 0.29) is 16.7 Å². The Kier molecular flexibility index (Phi) is 4.03. The van der Waals surface area contributed by atoms with E-state index in [1.807, 2.05) is 38.6 Å². The van der Waals surface area contributed by atoms with Crippen molar-refractivity contribution in [2.75, 3.05) is 13.2 Å². The number of nitriles is 1. The van der Waals surface area contributed by atoms with Crippen LogP contribution in [0.2, 0.25) is 0 Å². The van der Waals surface area contributed by atoms with E-state index in [1.165, 1.54) is 0 Å². The zero-order valence-electron chi connectivity index (χ0n) is 14.3. The molecule has 23 heavy (non-hydrogen) atoms. The molecule has 124 valence electrons. The molecule has 2 saturated heterocycles. The molecular formula is C16H24BN3O3. The van der Waals surface area contributed by atoms with Gasteiger partial charge in [0.15, 0.2) is 0 Å². The molecule has 3 heterocycles. The quantitative estimate of drug-likeness (QED) is 0.792. The Bertz CT molecular complexity index is 598. The topological polar surface area (TPSA) is 69.3 Å². The van der Waals surface area contributed by atoms with Gasteiger partial charge in [-0.3, -0.25) is 4.68 Å². The molecule has 0 spiro atoms. The summed E-state index contributed by atoms with van der Waals surface area (Å²) in [5.74, 6) is 0. The number of aromatic nitrogens is 2. The Morgan fingerprint density at radius 1 is 1.22 bits per heavy atom. The van der Waals surface area contributed by atoms with Crippen LogP contribution in [-0.2, 0) is 19.6 Å². The summed E-state index contributed by atoms with van der Waals surface area (Å²) in [6.07, 6.45) is 5.78. The van der Waals surface area contributed by atoms with Gasteiger partial charge in [0.25, 0.3) is 0 Å². The van der Waals surface area contributed by atoms with Crippen LogP contribution in [0.3, 0.4) is 0 Å². The summed E-state index contributed by atoms with van der Waals surface area (Å²) in [6, 6.07) is 2.30. The molecular weight excluding hydrogens is 293 g/mol. The van der Waals surface area contributed by atoms with Crippen molar-refractivity contribution >= 4 is 12.6 Å². The highest BCUT2D eigenvalue weighted by Crippen LogP contribution is 2.37. The van der Waals surface area contributed by atoms with Crippen molar-refractivity contribution in [3.05, 3.63) is 12.4 Å². The molecule has 1 aromatic rings. The predicted octanol–water partition coefficient (Wildman–Crippen LogP) is 1.60. The third kappa shape index (κ3) is 2.80. The summed E-state index contributed by atoms with van der Waals surface area (Å²) in [7, 11) is -0.423. The van der Waals surface area contributed by atoms with Gasteiger partial charge in [-0.25, -0.2) is 0 Å². The second-order valence-corrected chi connectivity index (χ2v) is 7.48. The zero-order chi connectivity index (χ0) is 16.7. The van der Waals surface area contributed by atoms with Gasteiger partial charge in [-0.1, -0.05) is 0 Å². The van der Waals surface area contributed by atoms with Crippen molar-refractivity contribution < 1.29 is 14.0 Å². The summed E-state index contributed by atoms with van der Waals surface area (Å²) < 4.78 is 19.5. The third-order valence-corrected chi connectivity index (χ3v) is 5.45. The summed E-state index contributed by atoms with van der Waals surface area (Å²) in [4.78, 5) is 0. The molecule has 3 rings (SSSR count). The Hall–Kier alpha value is -1.36. The van der Waals surface area contributed by atoms with E-state index in [1.54, 1.807) is 6.20 Å². The zero-order valence-corrected chi connectivity index (χ0v) is 14.3. The van der Waals surface area contributed by atoms with E-state index < -0.39 is 7.12 Å². The van der Waals surface area contributed by atoms with Crippen molar-refractivity contribution in [2.24, 2.45) is 0 Å².